The van der Waals surface area contributed by atoms with E-state index in [0.29, 0.717) is 44.7 Å². The molecule has 0 spiro atoms. The largest absolute Gasteiger partial charge is 0.662 e. The van der Waals surface area contributed by atoms with Crippen LogP contribution in [0.25, 0.3) is 0 Å². The van der Waals surface area contributed by atoms with E-state index >= 15 is 0 Å². The fourth-order valence-electron chi connectivity index (χ4n) is 2.72. The Morgan fingerprint density at radius 2 is 1.16 bits per heavy atom. The van der Waals surface area contributed by atoms with E-state index < -0.39 is 11.9 Å². The van der Waals surface area contributed by atoms with Crippen LogP contribution in [0.1, 0.15) is 45.7 Å². The van der Waals surface area contributed by atoms with Gasteiger partial charge in [-0.3, -0.25) is 9.59 Å². The highest BCUT2D eigenvalue weighted by molar-refractivity contribution is 6.28. The summed E-state index contributed by atoms with van der Waals surface area (Å²) < 4.78 is 9.83. The Labute approximate surface area is 181 Å². The summed E-state index contributed by atoms with van der Waals surface area (Å²) in [5.41, 5.74) is 2.31. The minimum absolute atomic E-state index is 0.120. The van der Waals surface area contributed by atoms with E-state index in [1.54, 1.807) is 36.4 Å². The molecule has 2 aromatic carbocycles. The Bertz CT molecular complexity index is 872. The summed E-state index contributed by atoms with van der Waals surface area (Å²) in [7, 11) is 0.707. The normalized spacial score (nSPS) is 10.0. The average molecular weight is 423 g/mol. The molecule has 1 radical (unpaired) electrons. The highest BCUT2D eigenvalue weighted by Crippen LogP contribution is 2.09. The topological polar surface area (TPSA) is 111 Å². The molecule has 0 aliphatic heterocycles. The molecule has 9 heteroatoms. The SMILES string of the molecule is CC(=O)NCCc1cccc(C(=O)O[B]OC(=O)c2cccc(CCNC(C)=O)c2)c1. The van der Waals surface area contributed by atoms with Crippen molar-refractivity contribution in [2.75, 3.05) is 13.1 Å². The van der Waals surface area contributed by atoms with Gasteiger partial charge in [-0.05, 0) is 48.2 Å². The standard InChI is InChI=1S/C22H24BN2O6/c1-15(26)24-11-9-17-5-3-7-19(13-17)21(28)30-23-31-22(29)20-8-4-6-18(14-20)10-12-25-16(2)27/h3-8,13-14H,9-12H2,1-2H3,(H,24,26)(H,25,27). The summed E-state index contributed by atoms with van der Waals surface area (Å²) in [5, 5.41) is 5.38. The molecule has 161 valence electrons. The van der Waals surface area contributed by atoms with E-state index in [1.165, 1.54) is 13.8 Å². The Morgan fingerprint density at radius 3 is 1.55 bits per heavy atom. The Kier molecular flexibility index (Phi) is 9.29. The predicted molar refractivity (Wildman–Crippen MR) is 114 cm³/mol. The maximum atomic E-state index is 12.2. The van der Waals surface area contributed by atoms with Gasteiger partial charge in [0.25, 0.3) is 0 Å². The fourth-order valence-corrected chi connectivity index (χ4v) is 2.72. The molecule has 0 aliphatic carbocycles. The minimum atomic E-state index is -0.668. The van der Waals surface area contributed by atoms with E-state index in [0.717, 1.165) is 11.1 Å². The molecule has 2 amide bonds. The second kappa shape index (κ2) is 12.2. The van der Waals surface area contributed by atoms with Crippen molar-refractivity contribution in [3.63, 3.8) is 0 Å². The lowest BCUT2D eigenvalue weighted by atomic mass is 10.1. The van der Waals surface area contributed by atoms with Gasteiger partial charge in [0.15, 0.2) is 0 Å². The van der Waals surface area contributed by atoms with E-state index in [-0.39, 0.29) is 11.8 Å². The van der Waals surface area contributed by atoms with Crippen molar-refractivity contribution in [2.45, 2.75) is 26.7 Å². The number of carbonyl (C=O) groups is 4. The summed E-state index contributed by atoms with van der Waals surface area (Å²) in [6.07, 6.45) is 1.13. The van der Waals surface area contributed by atoms with Gasteiger partial charge in [-0.1, -0.05) is 24.3 Å². The lowest BCUT2D eigenvalue weighted by Crippen LogP contribution is -2.22. The maximum Gasteiger partial charge on any atom is 0.662 e. The van der Waals surface area contributed by atoms with Crippen LogP contribution >= 0.6 is 0 Å². The number of benzene rings is 2. The molecule has 0 bridgehead atoms. The summed E-state index contributed by atoms with van der Waals surface area (Å²) in [6.45, 7) is 3.79. The van der Waals surface area contributed by atoms with Crippen molar-refractivity contribution >= 4 is 31.4 Å². The van der Waals surface area contributed by atoms with Crippen LogP contribution in [0.5, 0.6) is 0 Å². The van der Waals surface area contributed by atoms with Gasteiger partial charge >= 0.3 is 19.6 Å². The molecule has 0 atom stereocenters. The number of rotatable bonds is 10. The number of nitrogens with one attached hydrogen (secondary N) is 2. The van der Waals surface area contributed by atoms with Crippen LogP contribution < -0.4 is 10.6 Å². The number of hydrogen-bond acceptors (Lipinski definition) is 6. The first kappa shape index (κ1) is 23.7. The molecule has 0 aromatic heterocycles. The third-order valence-electron chi connectivity index (χ3n) is 4.21. The van der Waals surface area contributed by atoms with Gasteiger partial charge in [0.1, 0.15) is 0 Å². The molecule has 2 N–H and O–H groups in total. The molecular formula is C22H24BN2O6. The van der Waals surface area contributed by atoms with Crippen molar-refractivity contribution in [2.24, 2.45) is 0 Å². The van der Waals surface area contributed by atoms with Gasteiger partial charge in [0.05, 0.1) is 11.1 Å². The van der Waals surface area contributed by atoms with Gasteiger partial charge in [0.2, 0.25) is 11.8 Å². The number of amides is 2. The van der Waals surface area contributed by atoms with Gasteiger partial charge in [-0.15, -0.1) is 0 Å². The molecule has 0 unspecified atom stereocenters. The third kappa shape index (κ3) is 8.73. The van der Waals surface area contributed by atoms with Crippen molar-refractivity contribution in [3.05, 3.63) is 70.8 Å². The zero-order valence-electron chi connectivity index (χ0n) is 17.5. The highest BCUT2D eigenvalue weighted by atomic mass is 16.6. The summed E-state index contributed by atoms with van der Waals surface area (Å²) in [6, 6.07) is 13.5. The first-order valence-corrected chi connectivity index (χ1v) is 9.75. The molecule has 0 saturated heterocycles. The van der Waals surface area contributed by atoms with E-state index in [1.807, 2.05) is 12.1 Å². The van der Waals surface area contributed by atoms with Crippen LogP contribution in [0.2, 0.25) is 0 Å². The summed E-state index contributed by atoms with van der Waals surface area (Å²) in [4.78, 5) is 46.2. The lowest BCUT2D eigenvalue weighted by Gasteiger charge is -2.08. The smallest absolute Gasteiger partial charge is 0.496 e. The van der Waals surface area contributed by atoms with Crippen LogP contribution in [0.15, 0.2) is 48.5 Å². The molecule has 0 aliphatic rings. The predicted octanol–water partition coefficient (Wildman–Crippen LogP) is 1.59. The van der Waals surface area contributed by atoms with Crippen molar-refractivity contribution < 1.29 is 28.5 Å². The Morgan fingerprint density at radius 1 is 0.742 bits per heavy atom. The van der Waals surface area contributed by atoms with Crippen LogP contribution in [-0.2, 0) is 31.7 Å². The van der Waals surface area contributed by atoms with Crippen molar-refractivity contribution in [1.82, 2.24) is 10.6 Å². The lowest BCUT2D eigenvalue weighted by molar-refractivity contribution is -0.119. The minimum Gasteiger partial charge on any atom is -0.496 e. The van der Waals surface area contributed by atoms with Gasteiger partial charge in [-0.2, -0.15) is 0 Å². The van der Waals surface area contributed by atoms with Crippen LogP contribution in [0.4, 0.5) is 0 Å². The zero-order chi connectivity index (χ0) is 22.6. The zero-order valence-corrected chi connectivity index (χ0v) is 17.5. The molecule has 8 nitrogen and oxygen atoms in total. The first-order chi connectivity index (χ1) is 14.8. The first-order valence-electron chi connectivity index (χ1n) is 9.75. The monoisotopic (exact) mass is 423 g/mol. The molecular weight excluding hydrogens is 399 g/mol. The summed E-state index contributed by atoms with van der Waals surface area (Å²) >= 11 is 0. The Balaban J connectivity index is 1.82. The maximum absolute atomic E-state index is 12.2. The second-order valence-corrected chi connectivity index (χ2v) is 6.77. The quantitative estimate of drug-likeness (QED) is 0.562. The highest BCUT2D eigenvalue weighted by Gasteiger charge is 2.15. The fraction of sp³-hybridized carbons (Fsp3) is 0.273. The van der Waals surface area contributed by atoms with E-state index in [4.69, 9.17) is 9.31 Å². The Hall–Kier alpha value is -3.62. The summed E-state index contributed by atoms with van der Waals surface area (Å²) in [5.74, 6) is -1.58. The number of carbonyl (C=O) groups excluding carboxylic acids is 4. The molecule has 2 aromatic rings. The van der Waals surface area contributed by atoms with Crippen LogP contribution in [0.3, 0.4) is 0 Å². The van der Waals surface area contributed by atoms with Crippen molar-refractivity contribution in [1.29, 1.82) is 0 Å². The van der Waals surface area contributed by atoms with Gasteiger partial charge < -0.3 is 19.9 Å². The number of hydrogen-bond donors (Lipinski definition) is 2. The molecule has 0 heterocycles. The molecule has 0 saturated carbocycles. The molecule has 0 fully saturated rings. The molecule has 2 rings (SSSR count). The van der Waals surface area contributed by atoms with Gasteiger partial charge in [0, 0.05) is 26.9 Å². The van der Waals surface area contributed by atoms with E-state index in [2.05, 4.69) is 10.6 Å². The van der Waals surface area contributed by atoms with Crippen LogP contribution in [-0.4, -0.2) is 44.5 Å². The third-order valence-corrected chi connectivity index (χ3v) is 4.21. The van der Waals surface area contributed by atoms with Gasteiger partial charge in [-0.25, -0.2) is 9.59 Å². The van der Waals surface area contributed by atoms with Crippen molar-refractivity contribution in [3.8, 4) is 0 Å². The average Bonchev–Trinajstić information content (AvgIpc) is 2.73. The van der Waals surface area contributed by atoms with E-state index in [9.17, 15) is 19.2 Å². The second-order valence-electron chi connectivity index (χ2n) is 6.77. The van der Waals surface area contributed by atoms with Crippen LogP contribution in [0, 0.1) is 0 Å². The molecule has 31 heavy (non-hydrogen) atoms.